The van der Waals surface area contributed by atoms with Gasteiger partial charge in [-0.3, -0.25) is 0 Å². The number of rotatable bonds is 3. The van der Waals surface area contributed by atoms with E-state index < -0.39 is 0 Å². The summed E-state index contributed by atoms with van der Waals surface area (Å²) in [5.74, 6) is 1.02. The molecule has 0 unspecified atom stereocenters. The summed E-state index contributed by atoms with van der Waals surface area (Å²) in [5.41, 5.74) is 8.39. The molecular formula is C13H12N4S. The van der Waals surface area contributed by atoms with Gasteiger partial charge in [-0.2, -0.15) is 5.26 Å². The molecule has 1 aromatic carbocycles. The third-order valence-electron chi connectivity index (χ3n) is 2.41. The quantitative estimate of drug-likeness (QED) is 0.674. The molecule has 0 saturated carbocycles. The molecule has 0 atom stereocenters. The average Bonchev–Trinajstić information content (AvgIpc) is 2.38. The van der Waals surface area contributed by atoms with Gasteiger partial charge in [0.05, 0.1) is 6.20 Å². The molecule has 2 rings (SSSR count). The minimum atomic E-state index is 0.235. The normalized spacial score (nSPS) is 10.0. The summed E-state index contributed by atoms with van der Waals surface area (Å²) in [5, 5.41) is 9.32. The highest BCUT2D eigenvalue weighted by Crippen LogP contribution is 2.20. The zero-order valence-electron chi connectivity index (χ0n) is 9.92. The molecule has 0 saturated heterocycles. The first-order valence-corrected chi connectivity index (χ1v) is 6.38. The highest BCUT2D eigenvalue weighted by atomic mass is 32.2. The zero-order chi connectivity index (χ0) is 13.0. The molecule has 18 heavy (non-hydrogen) atoms. The average molecular weight is 256 g/mol. The van der Waals surface area contributed by atoms with Gasteiger partial charge in [0.2, 0.25) is 0 Å². The molecule has 0 radical (unpaired) electrons. The van der Waals surface area contributed by atoms with E-state index in [4.69, 9.17) is 11.0 Å². The summed E-state index contributed by atoms with van der Waals surface area (Å²) >= 11 is 1.50. The van der Waals surface area contributed by atoms with Gasteiger partial charge in [0.15, 0.2) is 5.16 Å². The number of nitrogen functional groups attached to an aromatic ring is 1. The maximum Gasteiger partial charge on any atom is 0.189 e. The molecule has 0 fully saturated rings. The molecule has 5 heteroatoms. The molecule has 1 heterocycles. The van der Waals surface area contributed by atoms with E-state index in [1.165, 1.54) is 29.1 Å². The second kappa shape index (κ2) is 5.52. The van der Waals surface area contributed by atoms with Crippen molar-refractivity contribution in [2.45, 2.75) is 17.8 Å². The van der Waals surface area contributed by atoms with Crippen LogP contribution in [0.3, 0.4) is 0 Å². The van der Waals surface area contributed by atoms with Crippen molar-refractivity contribution in [1.29, 1.82) is 5.26 Å². The molecule has 2 N–H and O–H groups in total. The Morgan fingerprint density at radius 1 is 1.33 bits per heavy atom. The van der Waals surface area contributed by atoms with Gasteiger partial charge in [0.25, 0.3) is 0 Å². The van der Waals surface area contributed by atoms with Gasteiger partial charge in [-0.25, -0.2) is 9.97 Å². The van der Waals surface area contributed by atoms with E-state index in [-0.39, 0.29) is 5.82 Å². The van der Waals surface area contributed by atoms with Crippen molar-refractivity contribution in [2.75, 3.05) is 5.73 Å². The lowest BCUT2D eigenvalue weighted by molar-refractivity contribution is 0.969. The van der Waals surface area contributed by atoms with E-state index in [1.54, 1.807) is 0 Å². The molecule has 1 aromatic heterocycles. The van der Waals surface area contributed by atoms with Crippen molar-refractivity contribution in [3.8, 4) is 6.07 Å². The maximum atomic E-state index is 8.73. The number of nitrogens with two attached hydrogens (primary N) is 1. The fourth-order valence-corrected chi connectivity index (χ4v) is 2.14. The van der Waals surface area contributed by atoms with Gasteiger partial charge < -0.3 is 5.73 Å². The van der Waals surface area contributed by atoms with Gasteiger partial charge in [-0.15, -0.1) is 0 Å². The van der Waals surface area contributed by atoms with Gasteiger partial charge in [-0.05, 0) is 12.5 Å². The fraction of sp³-hybridized carbons (Fsp3) is 0.154. The van der Waals surface area contributed by atoms with Crippen molar-refractivity contribution < 1.29 is 0 Å². The van der Waals surface area contributed by atoms with Crippen LogP contribution in [-0.2, 0) is 5.75 Å². The van der Waals surface area contributed by atoms with Crippen molar-refractivity contribution in [3.05, 3.63) is 47.2 Å². The van der Waals surface area contributed by atoms with E-state index in [0.29, 0.717) is 10.7 Å². The van der Waals surface area contributed by atoms with Crippen molar-refractivity contribution in [3.63, 3.8) is 0 Å². The van der Waals surface area contributed by atoms with Crippen molar-refractivity contribution in [1.82, 2.24) is 9.97 Å². The van der Waals surface area contributed by atoms with Crippen molar-refractivity contribution >= 4 is 17.6 Å². The topological polar surface area (TPSA) is 75.6 Å². The number of benzene rings is 1. The van der Waals surface area contributed by atoms with E-state index in [9.17, 15) is 0 Å². The third kappa shape index (κ3) is 2.99. The third-order valence-corrected chi connectivity index (χ3v) is 3.34. The number of nitriles is 1. The Kier molecular flexibility index (Phi) is 3.80. The van der Waals surface area contributed by atoms with Crippen molar-refractivity contribution in [2.24, 2.45) is 0 Å². The molecular weight excluding hydrogens is 244 g/mol. The molecule has 4 nitrogen and oxygen atoms in total. The Hall–Kier alpha value is -2.06. The Morgan fingerprint density at radius 3 is 2.67 bits per heavy atom. The van der Waals surface area contributed by atoms with E-state index in [2.05, 4.69) is 41.2 Å². The van der Waals surface area contributed by atoms with Crippen LogP contribution in [0.25, 0.3) is 0 Å². The number of hydrogen-bond acceptors (Lipinski definition) is 5. The smallest absolute Gasteiger partial charge is 0.189 e. The van der Waals surface area contributed by atoms with E-state index in [1.807, 2.05) is 6.07 Å². The molecule has 90 valence electrons. The lowest BCUT2D eigenvalue weighted by Gasteiger charge is -2.02. The van der Waals surface area contributed by atoms with E-state index >= 15 is 0 Å². The van der Waals surface area contributed by atoms with Crippen LogP contribution in [0, 0.1) is 18.3 Å². The van der Waals surface area contributed by atoms with Crippen LogP contribution in [0.1, 0.15) is 16.7 Å². The van der Waals surface area contributed by atoms with Crippen LogP contribution in [-0.4, -0.2) is 9.97 Å². The van der Waals surface area contributed by atoms with Gasteiger partial charge in [0.1, 0.15) is 17.5 Å². The highest BCUT2D eigenvalue weighted by Gasteiger charge is 2.04. The molecule has 0 aliphatic heterocycles. The lowest BCUT2D eigenvalue weighted by Crippen LogP contribution is -1.98. The van der Waals surface area contributed by atoms with Crippen LogP contribution >= 0.6 is 11.8 Å². The summed E-state index contributed by atoms with van der Waals surface area (Å²) < 4.78 is 0. The number of aromatic nitrogens is 2. The number of aryl methyl sites for hydroxylation is 1. The summed E-state index contributed by atoms with van der Waals surface area (Å²) in [4.78, 5) is 8.18. The molecule has 0 bridgehead atoms. The molecule has 0 amide bonds. The highest BCUT2D eigenvalue weighted by molar-refractivity contribution is 7.98. The van der Waals surface area contributed by atoms with Crippen LogP contribution < -0.4 is 5.73 Å². The maximum absolute atomic E-state index is 8.73. The standard InChI is InChI=1S/C13H12N4S/c1-9-2-4-10(5-3-9)8-18-13-16-7-11(6-14)12(15)17-13/h2-5,7H,8H2,1H3,(H2,15,16,17). The number of hydrogen-bond donors (Lipinski definition) is 1. The van der Waals surface area contributed by atoms with Crippen LogP contribution in [0.15, 0.2) is 35.6 Å². The molecule has 0 aliphatic carbocycles. The van der Waals surface area contributed by atoms with Gasteiger partial charge in [-0.1, -0.05) is 41.6 Å². The predicted molar refractivity (Wildman–Crippen MR) is 71.9 cm³/mol. The van der Waals surface area contributed by atoms with E-state index in [0.717, 1.165) is 5.75 Å². The predicted octanol–water partition coefficient (Wildman–Crippen LogP) is 2.53. The lowest BCUT2D eigenvalue weighted by atomic mass is 10.2. The first-order chi connectivity index (χ1) is 8.69. The summed E-state index contributed by atoms with van der Waals surface area (Å²) in [6, 6.07) is 10.2. The second-order valence-corrected chi connectivity index (χ2v) is 4.78. The Morgan fingerprint density at radius 2 is 2.06 bits per heavy atom. The number of thioether (sulfide) groups is 1. The van der Waals surface area contributed by atoms with Gasteiger partial charge in [0, 0.05) is 5.75 Å². The minimum Gasteiger partial charge on any atom is -0.382 e. The second-order valence-electron chi connectivity index (χ2n) is 3.84. The minimum absolute atomic E-state index is 0.235. The number of anilines is 1. The molecule has 2 aromatic rings. The summed E-state index contributed by atoms with van der Waals surface area (Å²) in [6.45, 7) is 2.06. The monoisotopic (exact) mass is 256 g/mol. The molecule has 0 aliphatic rings. The Balaban J connectivity index is 2.04. The van der Waals surface area contributed by atoms with Gasteiger partial charge >= 0.3 is 0 Å². The summed E-state index contributed by atoms with van der Waals surface area (Å²) in [6.07, 6.45) is 1.46. The molecule has 0 spiro atoms. The van der Waals surface area contributed by atoms with Crippen LogP contribution in [0.2, 0.25) is 0 Å². The first-order valence-electron chi connectivity index (χ1n) is 5.40. The first kappa shape index (κ1) is 12.4. The fourth-order valence-electron chi connectivity index (χ4n) is 1.37. The Bertz CT molecular complexity index is 587. The van der Waals surface area contributed by atoms with Crippen LogP contribution in [0.5, 0.6) is 0 Å². The SMILES string of the molecule is Cc1ccc(CSc2ncc(C#N)c(N)n2)cc1. The largest absolute Gasteiger partial charge is 0.382 e. The van der Waals surface area contributed by atoms with Crippen LogP contribution in [0.4, 0.5) is 5.82 Å². The Labute approximate surface area is 110 Å². The summed E-state index contributed by atoms with van der Waals surface area (Å²) in [7, 11) is 0. The zero-order valence-corrected chi connectivity index (χ0v) is 10.7. The number of nitrogens with zero attached hydrogens (tertiary/aromatic N) is 3.